The van der Waals surface area contributed by atoms with Gasteiger partial charge in [0.25, 0.3) is 0 Å². The minimum atomic E-state index is -0.446. The zero-order valence-corrected chi connectivity index (χ0v) is 14.4. The predicted molar refractivity (Wildman–Crippen MR) is 96.1 cm³/mol. The number of pyridine rings is 1. The van der Waals surface area contributed by atoms with E-state index in [1.54, 1.807) is 6.07 Å². The van der Waals surface area contributed by atoms with Gasteiger partial charge in [0.15, 0.2) is 0 Å². The van der Waals surface area contributed by atoms with Crippen LogP contribution in [0.15, 0.2) is 30.3 Å². The second kappa shape index (κ2) is 6.53. The summed E-state index contributed by atoms with van der Waals surface area (Å²) in [6.07, 6.45) is 1.52. The third-order valence-corrected chi connectivity index (χ3v) is 4.87. The van der Waals surface area contributed by atoms with Crippen LogP contribution < -0.4 is 4.90 Å². The highest BCUT2D eigenvalue weighted by Crippen LogP contribution is 2.34. The van der Waals surface area contributed by atoms with Crippen LogP contribution in [0.25, 0.3) is 11.0 Å². The summed E-state index contributed by atoms with van der Waals surface area (Å²) < 4.78 is 13.3. The Bertz CT molecular complexity index is 984. The number of halogens is 2. The number of nitrogens with one attached hydrogen (secondary N) is 1. The Balaban J connectivity index is 1.54. The highest BCUT2D eigenvalue weighted by Gasteiger charge is 2.28. The number of nitro groups is 1. The Labute approximate surface area is 153 Å². The summed E-state index contributed by atoms with van der Waals surface area (Å²) in [6, 6.07) is 7.27. The molecule has 9 heteroatoms. The summed E-state index contributed by atoms with van der Waals surface area (Å²) in [7, 11) is 0. The molecule has 1 aromatic carbocycles. The molecule has 1 N–H and O–H groups in total. The van der Waals surface area contributed by atoms with Crippen LogP contribution in [0, 0.1) is 15.9 Å². The number of fused-ring (bicyclic) bond motifs is 1. The molecule has 0 spiro atoms. The van der Waals surface area contributed by atoms with Crippen LogP contribution >= 0.6 is 11.6 Å². The van der Waals surface area contributed by atoms with Crippen molar-refractivity contribution in [3.05, 3.63) is 57.2 Å². The number of benzene rings is 1. The van der Waals surface area contributed by atoms with Crippen molar-refractivity contribution in [1.82, 2.24) is 15.0 Å². The monoisotopic (exact) mass is 375 g/mol. The molecule has 0 bridgehead atoms. The third-order valence-electron chi connectivity index (χ3n) is 4.66. The average molecular weight is 376 g/mol. The molecule has 1 aliphatic rings. The lowest BCUT2D eigenvalue weighted by atomic mass is 9.96. The molecule has 134 valence electrons. The van der Waals surface area contributed by atoms with Crippen LogP contribution in [-0.2, 0) is 0 Å². The SMILES string of the molecule is O=[N+]([O-])c1ccc(Cl)nc1N1CCC(c2nc3ccc(F)cc3[nH]2)CC1. The summed E-state index contributed by atoms with van der Waals surface area (Å²) in [5.74, 6) is 0.994. The molecule has 0 radical (unpaired) electrons. The van der Waals surface area contributed by atoms with Crippen molar-refractivity contribution in [2.75, 3.05) is 18.0 Å². The van der Waals surface area contributed by atoms with E-state index in [2.05, 4.69) is 15.0 Å². The van der Waals surface area contributed by atoms with Gasteiger partial charge in [-0.1, -0.05) is 11.6 Å². The lowest BCUT2D eigenvalue weighted by Crippen LogP contribution is -2.34. The van der Waals surface area contributed by atoms with E-state index in [0.717, 1.165) is 24.2 Å². The van der Waals surface area contributed by atoms with Gasteiger partial charge in [-0.05, 0) is 37.1 Å². The molecular weight excluding hydrogens is 361 g/mol. The number of piperidine rings is 1. The number of anilines is 1. The molecule has 3 heterocycles. The van der Waals surface area contributed by atoms with Crippen LogP contribution in [0.4, 0.5) is 15.9 Å². The van der Waals surface area contributed by atoms with Gasteiger partial charge in [0.2, 0.25) is 5.82 Å². The molecule has 1 fully saturated rings. The fourth-order valence-corrected chi connectivity index (χ4v) is 3.50. The predicted octanol–water partition coefficient (Wildman–Crippen LogP) is 4.04. The maximum atomic E-state index is 13.3. The molecule has 7 nitrogen and oxygen atoms in total. The Morgan fingerprint density at radius 2 is 2.00 bits per heavy atom. The van der Waals surface area contributed by atoms with Crippen LogP contribution in [0.3, 0.4) is 0 Å². The molecule has 2 aromatic heterocycles. The molecule has 0 aliphatic carbocycles. The number of aromatic nitrogens is 3. The van der Waals surface area contributed by atoms with E-state index in [9.17, 15) is 14.5 Å². The average Bonchev–Trinajstić information content (AvgIpc) is 3.04. The highest BCUT2D eigenvalue weighted by atomic mass is 35.5. The van der Waals surface area contributed by atoms with E-state index in [1.807, 2.05) is 4.90 Å². The topological polar surface area (TPSA) is 87.9 Å². The summed E-state index contributed by atoms with van der Waals surface area (Å²) in [4.78, 5) is 24.5. The quantitative estimate of drug-likeness (QED) is 0.424. The van der Waals surface area contributed by atoms with E-state index < -0.39 is 4.92 Å². The van der Waals surface area contributed by atoms with Gasteiger partial charge in [-0.3, -0.25) is 10.1 Å². The number of hydrogen-bond acceptors (Lipinski definition) is 5. The second-order valence-electron chi connectivity index (χ2n) is 6.28. The van der Waals surface area contributed by atoms with Crippen molar-refractivity contribution in [3.63, 3.8) is 0 Å². The van der Waals surface area contributed by atoms with E-state index in [-0.39, 0.29) is 22.6 Å². The van der Waals surface area contributed by atoms with E-state index in [0.29, 0.717) is 24.4 Å². The van der Waals surface area contributed by atoms with Crippen molar-refractivity contribution in [2.45, 2.75) is 18.8 Å². The van der Waals surface area contributed by atoms with Crippen LogP contribution in [-0.4, -0.2) is 33.0 Å². The molecule has 0 saturated carbocycles. The van der Waals surface area contributed by atoms with Crippen molar-refractivity contribution >= 4 is 34.1 Å². The number of imidazole rings is 1. The first-order chi connectivity index (χ1) is 12.5. The van der Waals surface area contributed by atoms with Gasteiger partial charge < -0.3 is 9.88 Å². The lowest BCUT2D eigenvalue weighted by molar-refractivity contribution is -0.384. The van der Waals surface area contributed by atoms with E-state index in [1.165, 1.54) is 24.3 Å². The summed E-state index contributed by atoms with van der Waals surface area (Å²) in [5.41, 5.74) is 1.36. The molecule has 1 saturated heterocycles. The Morgan fingerprint density at radius 1 is 1.23 bits per heavy atom. The van der Waals surface area contributed by atoms with Crippen molar-refractivity contribution in [3.8, 4) is 0 Å². The van der Waals surface area contributed by atoms with Crippen molar-refractivity contribution < 1.29 is 9.31 Å². The molecule has 26 heavy (non-hydrogen) atoms. The smallest absolute Gasteiger partial charge is 0.311 e. The standard InChI is InChI=1S/C17H15ClFN5O2/c18-15-4-3-14(24(25)26)17(22-15)23-7-5-10(6-8-23)16-20-12-2-1-11(19)9-13(12)21-16/h1-4,9-10H,5-8H2,(H,20,21). The molecule has 0 amide bonds. The van der Waals surface area contributed by atoms with Crippen molar-refractivity contribution in [1.29, 1.82) is 0 Å². The van der Waals surface area contributed by atoms with E-state index >= 15 is 0 Å². The number of aromatic amines is 1. The maximum Gasteiger partial charge on any atom is 0.311 e. The summed E-state index contributed by atoms with van der Waals surface area (Å²) in [6.45, 7) is 1.20. The number of H-pyrrole nitrogens is 1. The first kappa shape index (κ1) is 16.7. The number of hydrogen-bond donors (Lipinski definition) is 1. The molecule has 1 aliphatic heterocycles. The first-order valence-corrected chi connectivity index (χ1v) is 8.60. The fourth-order valence-electron chi connectivity index (χ4n) is 3.35. The van der Waals surface area contributed by atoms with Crippen LogP contribution in [0.2, 0.25) is 5.15 Å². The Hall–Kier alpha value is -2.74. The number of nitrogens with zero attached hydrogens (tertiary/aromatic N) is 4. The molecule has 3 aromatic rings. The van der Waals surface area contributed by atoms with Gasteiger partial charge >= 0.3 is 5.69 Å². The van der Waals surface area contributed by atoms with Gasteiger partial charge in [0.05, 0.1) is 16.0 Å². The van der Waals surface area contributed by atoms with Crippen LogP contribution in [0.1, 0.15) is 24.6 Å². The zero-order valence-electron chi connectivity index (χ0n) is 13.7. The first-order valence-electron chi connectivity index (χ1n) is 8.22. The van der Waals surface area contributed by atoms with Gasteiger partial charge in [0, 0.05) is 25.1 Å². The molecular formula is C17H15ClFN5O2. The summed E-state index contributed by atoms with van der Waals surface area (Å²) >= 11 is 5.92. The van der Waals surface area contributed by atoms with E-state index in [4.69, 9.17) is 11.6 Å². The minimum Gasteiger partial charge on any atom is -0.351 e. The third kappa shape index (κ3) is 3.08. The van der Waals surface area contributed by atoms with Crippen molar-refractivity contribution in [2.24, 2.45) is 0 Å². The molecule has 0 unspecified atom stereocenters. The summed E-state index contributed by atoms with van der Waals surface area (Å²) in [5, 5.41) is 11.5. The number of rotatable bonds is 3. The van der Waals surface area contributed by atoms with Crippen LogP contribution in [0.5, 0.6) is 0 Å². The Kier molecular flexibility index (Phi) is 4.20. The Morgan fingerprint density at radius 3 is 2.73 bits per heavy atom. The maximum absolute atomic E-state index is 13.3. The van der Waals surface area contributed by atoms with Gasteiger partial charge in [-0.15, -0.1) is 0 Å². The zero-order chi connectivity index (χ0) is 18.3. The second-order valence-corrected chi connectivity index (χ2v) is 6.67. The minimum absolute atomic E-state index is 0.0490. The fraction of sp³-hybridized carbons (Fsp3) is 0.294. The molecule has 0 atom stereocenters. The lowest BCUT2D eigenvalue weighted by Gasteiger charge is -2.31. The largest absolute Gasteiger partial charge is 0.351 e. The van der Waals surface area contributed by atoms with Gasteiger partial charge in [-0.25, -0.2) is 14.4 Å². The van der Waals surface area contributed by atoms with Gasteiger partial charge in [-0.2, -0.15) is 0 Å². The molecule has 4 rings (SSSR count). The highest BCUT2D eigenvalue weighted by molar-refractivity contribution is 6.29. The normalized spacial score (nSPS) is 15.5. The van der Waals surface area contributed by atoms with Gasteiger partial charge in [0.1, 0.15) is 16.8 Å².